The van der Waals surface area contributed by atoms with E-state index < -0.39 is 5.41 Å². The number of nitrogens with zero attached hydrogens (tertiary/aromatic N) is 1. The fraction of sp³-hybridized carbons (Fsp3) is 0.571. The van der Waals surface area contributed by atoms with Gasteiger partial charge in [-0.1, -0.05) is 39.3 Å². The number of likely N-dealkylation sites (tertiary alicyclic amines) is 1. The predicted octanol–water partition coefficient (Wildman–Crippen LogP) is 3.70. The molecule has 1 fully saturated rings. The zero-order chi connectivity index (χ0) is 20.9. The van der Waals surface area contributed by atoms with Crippen LogP contribution in [0.3, 0.4) is 0 Å². The van der Waals surface area contributed by atoms with Crippen molar-refractivity contribution in [3.63, 3.8) is 0 Å². The number of hydrogen-bond acceptors (Lipinski definition) is 3. The Labute approximate surface area is 172 Å². The molecule has 1 saturated heterocycles. The van der Waals surface area contributed by atoms with Gasteiger partial charge >= 0.3 is 0 Å². The van der Waals surface area contributed by atoms with Gasteiger partial charge in [0.05, 0.1) is 17.2 Å². The average Bonchev–Trinajstić information content (AvgIpc) is 2.65. The smallest absolute Gasteiger partial charge is 0.253 e. The monoisotopic (exact) mass is 407 g/mol. The van der Waals surface area contributed by atoms with Crippen LogP contribution in [0, 0.1) is 11.3 Å². The average molecular weight is 408 g/mol. The van der Waals surface area contributed by atoms with Crippen LogP contribution >= 0.6 is 11.6 Å². The van der Waals surface area contributed by atoms with Crippen molar-refractivity contribution >= 4 is 35.0 Å². The molecule has 1 aliphatic rings. The second-order valence-electron chi connectivity index (χ2n) is 8.28. The van der Waals surface area contributed by atoms with Gasteiger partial charge in [-0.05, 0) is 37.5 Å². The van der Waals surface area contributed by atoms with Crippen molar-refractivity contribution in [1.29, 1.82) is 0 Å². The van der Waals surface area contributed by atoms with Crippen LogP contribution in [-0.4, -0.2) is 42.3 Å². The molecule has 0 aliphatic carbocycles. The summed E-state index contributed by atoms with van der Waals surface area (Å²) in [6, 6.07) is 4.82. The van der Waals surface area contributed by atoms with Crippen LogP contribution in [0.15, 0.2) is 18.2 Å². The summed E-state index contributed by atoms with van der Waals surface area (Å²) in [5.74, 6) is -0.710. The van der Waals surface area contributed by atoms with E-state index >= 15 is 0 Å². The molecule has 0 aromatic heterocycles. The number of benzene rings is 1. The van der Waals surface area contributed by atoms with Crippen molar-refractivity contribution in [2.75, 3.05) is 25.0 Å². The van der Waals surface area contributed by atoms with E-state index in [1.54, 1.807) is 23.1 Å². The number of halogens is 1. The van der Waals surface area contributed by atoms with Gasteiger partial charge in [0.1, 0.15) is 0 Å². The first kappa shape index (κ1) is 22.2. The molecular weight excluding hydrogens is 378 g/mol. The zero-order valence-corrected chi connectivity index (χ0v) is 17.9. The molecule has 2 N–H and O–H groups in total. The number of rotatable bonds is 5. The molecule has 0 saturated carbocycles. The zero-order valence-electron chi connectivity index (χ0n) is 17.1. The Bertz CT molecular complexity index is 743. The Morgan fingerprint density at radius 1 is 1.25 bits per heavy atom. The third-order valence-electron chi connectivity index (χ3n) is 4.74. The van der Waals surface area contributed by atoms with Gasteiger partial charge < -0.3 is 15.5 Å². The van der Waals surface area contributed by atoms with Crippen LogP contribution in [-0.2, 0) is 9.59 Å². The molecule has 1 aromatic rings. The first-order valence-electron chi connectivity index (χ1n) is 9.81. The summed E-state index contributed by atoms with van der Waals surface area (Å²) in [6.45, 7) is 9.23. The Balaban J connectivity index is 2.12. The molecule has 1 unspecified atom stereocenters. The lowest BCUT2D eigenvalue weighted by atomic mass is 9.91. The van der Waals surface area contributed by atoms with Crippen LogP contribution in [0.25, 0.3) is 0 Å². The van der Waals surface area contributed by atoms with E-state index in [4.69, 9.17) is 11.6 Å². The van der Waals surface area contributed by atoms with Crippen LogP contribution in [0.2, 0.25) is 5.02 Å². The van der Waals surface area contributed by atoms with Gasteiger partial charge in [0.15, 0.2) is 0 Å². The minimum absolute atomic E-state index is 0.0485. The highest BCUT2D eigenvalue weighted by molar-refractivity contribution is 6.31. The standard InChI is InChI=1S/C21H30ClN3O3/c1-5-10-23-19(27)16-9-8-15(22)12-17(16)24-18(26)14-7-6-11-25(13-14)20(28)21(2,3)4/h8-9,12,14H,5-7,10-11,13H2,1-4H3,(H,23,27)(H,24,26). The van der Waals surface area contributed by atoms with Crippen molar-refractivity contribution in [3.05, 3.63) is 28.8 Å². The maximum Gasteiger partial charge on any atom is 0.253 e. The van der Waals surface area contributed by atoms with E-state index in [1.807, 2.05) is 27.7 Å². The van der Waals surface area contributed by atoms with E-state index in [0.717, 1.165) is 12.8 Å². The molecule has 7 heteroatoms. The van der Waals surface area contributed by atoms with Gasteiger partial charge in [-0.15, -0.1) is 0 Å². The molecule has 1 aliphatic heterocycles. The molecule has 1 atom stereocenters. The number of amides is 3. The van der Waals surface area contributed by atoms with E-state index in [2.05, 4.69) is 10.6 Å². The summed E-state index contributed by atoms with van der Waals surface area (Å²) in [5.41, 5.74) is 0.297. The topological polar surface area (TPSA) is 78.5 Å². The number of carbonyl (C=O) groups excluding carboxylic acids is 3. The van der Waals surface area contributed by atoms with E-state index in [1.165, 1.54) is 0 Å². The lowest BCUT2D eigenvalue weighted by Gasteiger charge is -2.36. The first-order valence-corrected chi connectivity index (χ1v) is 10.2. The molecule has 154 valence electrons. The van der Waals surface area contributed by atoms with E-state index in [9.17, 15) is 14.4 Å². The Morgan fingerprint density at radius 3 is 2.61 bits per heavy atom. The second kappa shape index (κ2) is 9.41. The summed E-state index contributed by atoms with van der Waals surface area (Å²) >= 11 is 6.07. The SMILES string of the molecule is CCCNC(=O)c1ccc(Cl)cc1NC(=O)C1CCCN(C(=O)C(C)(C)C)C1. The van der Waals surface area contributed by atoms with Crippen LogP contribution in [0.4, 0.5) is 5.69 Å². The highest BCUT2D eigenvalue weighted by Crippen LogP contribution is 2.26. The van der Waals surface area contributed by atoms with Crippen LogP contribution in [0.5, 0.6) is 0 Å². The molecule has 0 radical (unpaired) electrons. The minimum Gasteiger partial charge on any atom is -0.352 e. The number of nitrogens with one attached hydrogen (secondary N) is 2. The summed E-state index contributed by atoms with van der Waals surface area (Å²) in [7, 11) is 0. The van der Waals surface area contributed by atoms with Gasteiger partial charge in [0.25, 0.3) is 5.91 Å². The Hall–Kier alpha value is -2.08. The number of piperidine rings is 1. The summed E-state index contributed by atoms with van der Waals surface area (Å²) in [5, 5.41) is 6.11. The first-order chi connectivity index (χ1) is 13.1. The molecule has 0 bridgehead atoms. The van der Waals surface area contributed by atoms with Gasteiger partial charge in [-0.25, -0.2) is 0 Å². The predicted molar refractivity (Wildman–Crippen MR) is 111 cm³/mol. The molecule has 2 rings (SSSR count). The highest BCUT2D eigenvalue weighted by atomic mass is 35.5. The molecule has 3 amide bonds. The van der Waals surface area contributed by atoms with Crippen molar-refractivity contribution in [3.8, 4) is 0 Å². The maximum atomic E-state index is 12.9. The number of carbonyl (C=O) groups is 3. The fourth-order valence-electron chi connectivity index (χ4n) is 3.24. The van der Waals surface area contributed by atoms with Crippen molar-refractivity contribution in [2.45, 2.75) is 47.0 Å². The van der Waals surface area contributed by atoms with E-state index in [-0.39, 0.29) is 23.6 Å². The maximum absolute atomic E-state index is 12.9. The summed E-state index contributed by atoms with van der Waals surface area (Å²) < 4.78 is 0. The highest BCUT2D eigenvalue weighted by Gasteiger charge is 2.33. The largest absolute Gasteiger partial charge is 0.352 e. The molecule has 6 nitrogen and oxygen atoms in total. The van der Waals surface area contributed by atoms with Crippen molar-refractivity contribution in [1.82, 2.24) is 10.2 Å². The van der Waals surface area contributed by atoms with Gasteiger partial charge in [-0.2, -0.15) is 0 Å². The third-order valence-corrected chi connectivity index (χ3v) is 4.98. The number of hydrogen-bond donors (Lipinski definition) is 2. The lowest BCUT2D eigenvalue weighted by molar-refractivity contribution is -0.142. The fourth-order valence-corrected chi connectivity index (χ4v) is 3.41. The van der Waals surface area contributed by atoms with E-state index in [0.29, 0.717) is 42.3 Å². The molecular formula is C21H30ClN3O3. The van der Waals surface area contributed by atoms with Crippen LogP contribution < -0.4 is 10.6 Å². The molecule has 1 aromatic carbocycles. The quantitative estimate of drug-likeness (QED) is 0.781. The van der Waals surface area contributed by atoms with Crippen molar-refractivity contribution < 1.29 is 14.4 Å². The second-order valence-corrected chi connectivity index (χ2v) is 8.71. The minimum atomic E-state index is -0.476. The normalized spacial score (nSPS) is 17.2. The molecule has 28 heavy (non-hydrogen) atoms. The van der Waals surface area contributed by atoms with Crippen molar-refractivity contribution in [2.24, 2.45) is 11.3 Å². The van der Waals surface area contributed by atoms with Gasteiger partial charge in [0, 0.05) is 30.1 Å². The third kappa shape index (κ3) is 5.71. The van der Waals surface area contributed by atoms with Gasteiger partial charge in [0.2, 0.25) is 11.8 Å². The number of anilines is 1. The summed E-state index contributed by atoms with van der Waals surface area (Å²) in [6.07, 6.45) is 2.30. The van der Waals surface area contributed by atoms with Crippen LogP contribution in [0.1, 0.15) is 57.3 Å². The Morgan fingerprint density at radius 2 is 1.96 bits per heavy atom. The molecule has 0 spiro atoms. The Kier molecular flexibility index (Phi) is 7.47. The van der Waals surface area contributed by atoms with Gasteiger partial charge in [-0.3, -0.25) is 14.4 Å². The summed E-state index contributed by atoms with van der Waals surface area (Å²) in [4.78, 5) is 39.6. The lowest BCUT2D eigenvalue weighted by Crippen LogP contribution is -2.47. The molecule has 1 heterocycles.